The molecule has 0 radical (unpaired) electrons. The fourth-order valence-corrected chi connectivity index (χ4v) is 9.85. The fraction of sp³-hybridized carbons (Fsp3) is 0.0164. The highest BCUT2D eigenvalue weighted by atomic mass is 19.4. The molecule has 70 heavy (non-hydrogen) atoms. The van der Waals surface area contributed by atoms with Gasteiger partial charge in [-0.1, -0.05) is 127 Å². The standard InChI is InChI=1S/C61H35F3N6/c62-61(63,64)46-30-38(34-65)29-45(31-46)47-23-28-59(69-55-17-9-7-15-48(55)50-32-41(21-26-57(50)69)43-19-24-53(67-36-43)39-11-3-1-4-12-39)52(35-66)60(47)70-56-18-10-8-16-49(56)51-33-42(22-27-58(51)70)44-20-25-54(68-37-44)40-13-5-2-6-14-40/h1-33,36-37H. The number of nitrogens with zero attached hydrogens (tertiary/aromatic N) is 6. The van der Waals surface area contributed by atoms with E-state index >= 15 is 0 Å². The second kappa shape index (κ2) is 16.6. The monoisotopic (exact) mass is 908 g/mol. The number of hydrogen-bond donors (Lipinski definition) is 0. The largest absolute Gasteiger partial charge is 0.416 e. The molecule has 4 heterocycles. The molecule has 0 bridgehead atoms. The molecule has 0 saturated heterocycles. The number of fused-ring (bicyclic) bond motifs is 6. The lowest BCUT2D eigenvalue weighted by Gasteiger charge is -2.21. The molecular formula is C61H35F3N6. The number of aromatic nitrogens is 4. The van der Waals surface area contributed by atoms with Gasteiger partial charge < -0.3 is 9.13 Å². The maximum absolute atomic E-state index is 14.6. The fourth-order valence-electron chi connectivity index (χ4n) is 9.85. The molecule has 12 aromatic rings. The van der Waals surface area contributed by atoms with Gasteiger partial charge in [0.15, 0.2) is 0 Å². The van der Waals surface area contributed by atoms with Crippen molar-refractivity contribution in [1.29, 1.82) is 10.5 Å². The van der Waals surface area contributed by atoms with E-state index < -0.39 is 11.7 Å². The molecule has 0 amide bonds. The first-order valence-electron chi connectivity index (χ1n) is 22.6. The summed E-state index contributed by atoms with van der Waals surface area (Å²) in [4.78, 5) is 9.58. The third-order valence-electron chi connectivity index (χ3n) is 13.1. The van der Waals surface area contributed by atoms with Crippen LogP contribution in [0.25, 0.3) is 111 Å². The molecule has 0 spiro atoms. The second-order valence-corrected chi connectivity index (χ2v) is 17.1. The topological polar surface area (TPSA) is 83.2 Å². The highest BCUT2D eigenvalue weighted by Crippen LogP contribution is 2.44. The van der Waals surface area contributed by atoms with E-state index in [0.29, 0.717) is 16.9 Å². The molecule has 0 unspecified atom stereocenters. The van der Waals surface area contributed by atoms with Crippen molar-refractivity contribution in [3.05, 3.63) is 229 Å². The molecule has 0 N–H and O–H groups in total. The Balaban J connectivity index is 1.09. The molecule has 0 aliphatic rings. The predicted molar refractivity (Wildman–Crippen MR) is 272 cm³/mol. The minimum atomic E-state index is -4.74. The summed E-state index contributed by atoms with van der Waals surface area (Å²) in [6.45, 7) is 0. The number of pyridine rings is 2. The Bertz CT molecular complexity index is 4100. The highest BCUT2D eigenvalue weighted by Gasteiger charge is 2.32. The van der Waals surface area contributed by atoms with Crippen molar-refractivity contribution in [2.75, 3.05) is 0 Å². The van der Waals surface area contributed by atoms with Crippen LogP contribution in [0.5, 0.6) is 0 Å². The SMILES string of the molecule is N#Cc1cc(-c2ccc(-n3c4ccccc4c4cc(-c5ccc(-c6ccccc6)nc5)ccc43)c(C#N)c2-n2c3ccccc3c3cc(-c4ccc(-c5ccccc5)nc4)ccc32)cc(C(F)(F)F)c1. The highest BCUT2D eigenvalue weighted by molar-refractivity contribution is 6.13. The number of benzene rings is 8. The summed E-state index contributed by atoms with van der Waals surface area (Å²) in [6, 6.07) is 67.6. The van der Waals surface area contributed by atoms with Crippen molar-refractivity contribution in [3.63, 3.8) is 0 Å². The zero-order valence-corrected chi connectivity index (χ0v) is 37.0. The van der Waals surface area contributed by atoms with Crippen molar-refractivity contribution in [1.82, 2.24) is 19.1 Å². The molecule has 12 rings (SSSR count). The number of halogens is 3. The summed E-state index contributed by atoms with van der Waals surface area (Å²) < 4.78 is 47.9. The zero-order valence-electron chi connectivity index (χ0n) is 37.0. The van der Waals surface area contributed by atoms with Crippen LogP contribution in [0.15, 0.2) is 213 Å². The number of rotatable bonds is 7. The molecule has 4 aromatic heterocycles. The molecule has 9 heteroatoms. The van der Waals surface area contributed by atoms with Crippen molar-refractivity contribution in [2.45, 2.75) is 6.18 Å². The van der Waals surface area contributed by atoms with Crippen molar-refractivity contribution in [2.24, 2.45) is 0 Å². The predicted octanol–water partition coefficient (Wildman–Crippen LogP) is 15.8. The van der Waals surface area contributed by atoms with E-state index in [0.717, 1.165) is 101 Å². The minimum Gasteiger partial charge on any atom is -0.308 e. The first-order valence-corrected chi connectivity index (χ1v) is 22.6. The minimum absolute atomic E-state index is 0.148. The van der Waals surface area contributed by atoms with E-state index in [1.807, 2.05) is 169 Å². The Hall–Kier alpha value is -9.57. The summed E-state index contributed by atoms with van der Waals surface area (Å²) in [6.07, 6.45) is -1.01. The third-order valence-corrected chi connectivity index (χ3v) is 13.1. The quantitative estimate of drug-likeness (QED) is 0.159. The van der Waals surface area contributed by atoms with Crippen LogP contribution in [0.3, 0.4) is 0 Å². The van der Waals surface area contributed by atoms with Crippen LogP contribution >= 0.6 is 0 Å². The Morgan fingerprint density at radius 3 is 1.41 bits per heavy atom. The summed E-state index contributed by atoms with van der Waals surface area (Å²) in [5.41, 5.74) is 11.2. The number of para-hydroxylation sites is 2. The lowest BCUT2D eigenvalue weighted by molar-refractivity contribution is -0.137. The zero-order chi connectivity index (χ0) is 47.5. The average Bonchev–Trinajstić information content (AvgIpc) is 3.92. The summed E-state index contributed by atoms with van der Waals surface area (Å²) in [5.74, 6) is 0. The van der Waals surface area contributed by atoms with Gasteiger partial charge in [-0.15, -0.1) is 0 Å². The molecule has 0 aliphatic carbocycles. The Morgan fingerprint density at radius 2 is 0.900 bits per heavy atom. The Labute approximate surface area is 399 Å². The van der Waals surface area contributed by atoms with E-state index in [-0.39, 0.29) is 16.7 Å². The molecule has 8 aromatic carbocycles. The maximum atomic E-state index is 14.6. The van der Waals surface area contributed by atoms with Gasteiger partial charge in [-0.25, -0.2) is 0 Å². The van der Waals surface area contributed by atoms with Crippen LogP contribution in [-0.2, 0) is 6.18 Å². The summed E-state index contributed by atoms with van der Waals surface area (Å²) >= 11 is 0. The van der Waals surface area contributed by atoms with Gasteiger partial charge in [0.2, 0.25) is 0 Å². The van der Waals surface area contributed by atoms with E-state index in [1.165, 1.54) is 6.07 Å². The van der Waals surface area contributed by atoms with Crippen molar-refractivity contribution in [3.8, 4) is 79.4 Å². The van der Waals surface area contributed by atoms with Crippen LogP contribution in [-0.4, -0.2) is 19.1 Å². The van der Waals surface area contributed by atoms with Gasteiger partial charge in [-0.2, -0.15) is 23.7 Å². The number of nitriles is 2. The van der Waals surface area contributed by atoms with E-state index in [2.05, 4.69) is 34.9 Å². The third kappa shape index (κ3) is 7.04. The van der Waals surface area contributed by atoms with E-state index in [4.69, 9.17) is 9.97 Å². The van der Waals surface area contributed by atoms with Gasteiger partial charge >= 0.3 is 6.18 Å². The van der Waals surface area contributed by atoms with Crippen LogP contribution < -0.4 is 0 Å². The molecule has 330 valence electrons. The summed E-state index contributed by atoms with van der Waals surface area (Å²) in [5, 5.41) is 25.3. The Morgan fingerprint density at radius 1 is 0.400 bits per heavy atom. The summed E-state index contributed by atoms with van der Waals surface area (Å²) in [7, 11) is 0. The maximum Gasteiger partial charge on any atom is 0.416 e. The number of alkyl halides is 3. The van der Waals surface area contributed by atoms with Gasteiger partial charge in [-0.05, 0) is 89.5 Å². The molecular weight excluding hydrogens is 874 g/mol. The van der Waals surface area contributed by atoms with Gasteiger partial charge in [0.05, 0.1) is 62.0 Å². The Kier molecular flexibility index (Phi) is 9.94. The van der Waals surface area contributed by atoms with E-state index in [9.17, 15) is 23.7 Å². The van der Waals surface area contributed by atoms with Gasteiger partial charge in [0, 0.05) is 61.8 Å². The average molecular weight is 909 g/mol. The van der Waals surface area contributed by atoms with Crippen LogP contribution in [0.4, 0.5) is 13.2 Å². The van der Waals surface area contributed by atoms with Crippen LogP contribution in [0, 0.1) is 22.7 Å². The van der Waals surface area contributed by atoms with Crippen LogP contribution in [0.1, 0.15) is 16.7 Å². The lowest BCUT2D eigenvalue weighted by atomic mass is 9.95. The molecule has 0 aliphatic heterocycles. The lowest BCUT2D eigenvalue weighted by Crippen LogP contribution is -2.08. The van der Waals surface area contributed by atoms with Crippen LogP contribution in [0.2, 0.25) is 0 Å². The molecule has 0 saturated carbocycles. The molecule has 0 atom stereocenters. The van der Waals surface area contributed by atoms with Crippen molar-refractivity contribution >= 4 is 43.6 Å². The van der Waals surface area contributed by atoms with E-state index in [1.54, 1.807) is 12.1 Å². The number of hydrogen-bond acceptors (Lipinski definition) is 4. The molecule has 6 nitrogen and oxygen atoms in total. The van der Waals surface area contributed by atoms with Crippen molar-refractivity contribution < 1.29 is 13.2 Å². The van der Waals surface area contributed by atoms with Gasteiger partial charge in [0.1, 0.15) is 11.6 Å². The normalized spacial score (nSPS) is 11.6. The van der Waals surface area contributed by atoms with Gasteiger partial charge in [0.25, 0.3) is 0 Å². The second-order valence-electron chi connectivity index (χ2n) is 17.1. The van der Waals surface area contributed by atoms with Gasteiger partial charge in [-0.3, -0.25) is 9.97 Å². The molecule has 0 fully saturated rings. The first-order chi connectivity index (χ1) is 34.2. The smallest absolute Gasteiger partial charge is 0.308 e. The first kappa shape index (κ1) is 41.8.